The van der Waals surface area contributed by atoms with E-state index in [2.05, 4.69) is 10.3 Å². The van der Waals surface area contributed by atoms with Gasteiger partial charge in [-0.05, 0) is 47.4 Å². The van der Waals surface area contributed by atoms with Crippen LogP contribution in [0.2, 0.25) is 5.02 Å². The summed E-state index contributed by atoms with van der Waals surface area (Å²) in [5.74, 6) is -0.532. The van der Waals surface area contributed by atoms with Gasteiger partial charge in [0.25, 0.3) is 0 Å². The number of alkyl halides is 3. The normalized spacial score (nSPS) is 12.3. The molecule has 3 N–H and O–H groups in total. The lowest BCUT2D eigenvalue weighted by atomic mass is 10.1. The summed E-state index contributed by atoms with van der Waals surface area (Å²) in [6.07, 6.45) is -1.96. The lowest BCUT2D eigenvalue weighted by molar-refractivity contribution is -0.137. The van der Waals surface area contributed by atoms with E-state index in [1.807, 2.05) is 0 Å². The lowest BCUT2D eigenvalue weighted by Gasteiger charge is -2.11. The highest BCUT2D eigenvalue weighted by molar-refractivity contribution is 7.12. The predicted octanol–water partition coefficient (Wildman–Crippen LogP) is 6.11. The van der Waals surface area contributed by atoms with Crippen LogP contribution < -0.4 is 11.1 Å². The zero-order valence-corrected chi connectivity index (χ0v) is 16.9. The van der Waals surface area contributed by atoms with Gasteiger partial charge in [0.15, 0.2) is 0 Å². The highest BCUT2D eigenvalue weighted by atomic mass is 35.5. The Kier molecular flexibility index (Phi) is 6.59. The number of nitrogens with zero attached hydrogens (tertiary/aromatic N) is 1. The second-order valence-corrected chi connectivity index (χ2v) is 7.44. The van der Waals surface area contributed by atoms with E-state index in [9.17, 15) is 18.0 Å². The first-order valence-corrected chi connectivity index (χ1v) is 9.82. The van der Waals surface area contributed by atoms with Crippen molar-refractivity contribution in [2.24, 2.45) is 10.7 Å². The summed E-state index contributed by atoms with van der Waals surface area (Å²) < 4.78 is 39.9. The second kappa shape index (κ2) is 9.15. The summed E-state index contributed by atoms with van der Waals surface area (Å²) in [6, 6.07) is 13.3. The molecule has 0 radical (unpaired) electrons. The fourth-order valence-corrected chi connectivity index (χ4v) is 3.32. The predicted molar refractivity (Wildman–Crippen MR) is 115 cm³/mol. The molecule has 9 heteroatoms. The Balaban J connectivity index is 1.87. The molecular formula is C21H15ClF3N3OS. The van der Waals surface area contributed by atoms with Crippen LogP contribution >= 0.6 is 22.9 Å². The smallest absolute Gasteiger partial charge is 0.383 e. The molecular weight excluding hydrogens is 435 g/mol. The van der Waals surface area contributed by atoms with Crippen molar-refractivity contribution in [1.82, 2.24) is 0 Å². The number of hydrogen-bond acceptors (Lipinski definition) is 3. The van der Waals surface area contributed by atoms with Crippen LogP contribution in [0.3, 0.4) is 0 Å². The average molecular weight is 450 g/mol. The molecule has 1 heterocycles. The minimum Gasteiger partial charge on any atom is -0.383 e. The maximum absolute atomic E-state index is 13.3. The molecule has 0 unspecified atom stereocenters. The third kappa shape index (κ3) is 5.71. The van der Waals surface area contributed by atoms with Gasteiger partial charge >= 0.3 is 6.18 Å². The van der Waals surface area contributed by atoms with Crippen molar-refractivity contribution in [3.05, 3.63) is 87.1 Å². The molecule has 1 amide bonds. The molecule has 4 nitrogen and oxygen atoms in total. The number of amides is 1. The van der Waals surface area contributed by atoms with Gasteiger partial charge in [-0.2, -0.15) is 13.2 Å². The Hall–Kier alpha value is -3.10. The van der Waals surface area contributed by atoms with Gasteiger partial charge in [0, 0.05) is 16.8 Å². The number of nitrogens with one attached hydrogen (secondary N) is 1. The van der Waals surface area contributed by atoms with Gasteiger partial charge < -0.3 is 11.1 Å². The number of hydrogen-bond donors (Lipinski definition) is 2. The molecule has 0 spiro atoms. The van der Waals surface area contributed by atoms with Crippen LogP contribution in [0, 0.1) is 0 Å². The lowest BCUT2D eigenvalue weighted by Crippen LogP contribution is -2.12. The van der Waals surface area contributed by atoms with Crippen molar-refractivity contribution < 1.29 is 18.0 Å². The van der Waals surface area contributed by atoms with Crippen LogP contribution in [-0.2, 0) is 11.0 Å². The highest BCUT2D eigenvalue weighted by Gasteiger charge is 2.31. The van der Waals surface area contributed by atoms with Gasteiger partial charge in [-0.25, -0.2) is 4.99 Å². The van der Waals surface area contributed by atoms with E-state index in [4.69, 9.17) is 17.3 Å². The Morgan fingerprint density at radius 1 is 1.13 bits per heavy atom. The summed E-state index contributed by atoms with van der Waals surface area (Å²) in [7, 11) is 0. The van der Waals surface area contributed by atoms with Gasteiger partial charge in [0.2, 0.25) is 5.91 Å². The van der Waals surface area contributed by atoms with E-state index >= 15 is 0 Å². The molecule has 154 valence electrons. The fraction of sp³-hybridized carbons (Fsp3) is 0.0476. The van der Waals surface area contributed by atoms with E-state index in [1.165, 1.54) is 29.6 Å². The third-order valence-corrected chi connectivity index (χ3v) is 5.09. The maximum Gasteiger partial charge on any atom is 0.416 e. The van der Waals surface area contributed by atoms with Crippen molar-refractivity contribution in [2.75, 3.05) is 5.32 Å². The molecule has 30 heavy (non-hydrogen) atoms. The van der Waals surface area contributed by atoms with Gasteiger partial charge in [-0.3, -0.25) is 4.79 Å². The average Bonchev–Trinajstić information content (AvgIpc) is 3.21. The van der Waals surface area contributed by atoms with E-state index < -0.39 is 17.6 Å². The molecule has 2 aromatic carbocycles. The van der Waals surface area contributed by atoms with Crippen molar-refractivity contribution in [3.63, 3.8) is 0 Å². The number of carbonyl (C=O) groups is 1. The van der Waals surface area contributed by atoms with Crippen LogP contribution in [0.15, 0.2) is 71.0 Å². The highest BCUT2D eigenvalue weighted by Crippen LogP contribution is 2.34. The summed E-state index contributed by atoms with van der Waals surface area (Å²) in [5, 5.41) is 4.64. The monoisotopic (exact) mass is 449 g/mol. The molecule has 0 aliphatic carbocycles. The molecule has 0 saturated carbocycles. The van der Waals surface area contributed by atoms with Gasteiger partial charge in [-0.15, -0.1) is 11.3 Å². The maximum atomic E-state index is 13.3. The summed E-state index contributed by atoms with van der Waals surface area (Å²) >= 11 is 7.33. The van der Waals surface area contributed by atoms with E-state index in [1.54, 1.807) is 41.8 Å². The zero-order valence-electron chi connectivity index (χ0n) is 15.3. The van der Waals surface area contributed by atoms with Gasteiger partial charge in [-0.1, -0.05) is 35.9 Å². The number of benzene rings is 2. The van der Waals surface area contributed by atoms with Gasteiger partial charge in [0.05, 0.1) is 16.1 Å². The molecule has 0 aliphatic rings. The van der Waals surface area contributed by atoms with Crippen LogP contribution in [0.4, 0.5) is 24.5 Å². The topological polar surface area (TPSA) is 67.5 Å². The molecule has 0 fully saturated rings. The zero-order chi connectivity index (χ0) is 21.7. The number of amidine groups is 1. The standard InChI is InChI=1S/C21H15ClF3N3OS/c22-17-5-2-1-4-13(17)7-8-19(29)27-15-10-14(21(23,24)25)11-16(12-15)28-20(26)18-6-3-9-30-18/h1-12H,(H2,26,28)(H,27,29). The molecule has 3 aromatic rings. The first kappa shape index (κ1) is 21.6. The Bertz CT molecular complexity index is 1110. The summed E-state index contributed by atoms with van der Waals surface area (Å²) in [4.78, 5) is 16.9. The molecule has 0 saturated heterocycles. The largest absolute Gasteiger partial charge is 0.416 e. The molecule has 0 atom stereocenters. The number of thiophene rings is 1. The Morgan fingerprint density at radius 2 is 1.90 bits per heavy atom. The first-order valence-electron chi connectivity index (χ1n) is 8.56. The number of anilines is 1. The Labute approximate surface area is 179 Å². The Morgan fingerprint density at radius 3 is 2.57 bits per heavy atom. The number of rotatable bonds is 5. The number of halogens is 4. The number of nitrogens with two attached hydrogens (primary N) is 1. The minimum absolute atomic E-state index is 0.0268. The molecule has 0 bridgehead atoms. The van der Waals surface area contributed by atoms with Crippen LogP contribution in [0.1, 0.15) is 16.0 Å². The van der Waals surface area contributed by atoms with E-state index in [0.29, 0.717) is 15.5 Å². The van der Waals surface area contributed by atoms with E-state index in [-0.39, 0.29) is 17.2 Å². The van der Waals surface area contributed by atoms with Crippen molar-refractivity contribution in [2.45, 2.75) is 6.18 Å². The molecule has 3 rings (SSSR count). The summed E-state index contributed by atoms with van der Waals surface area (Å²) in [5.41, 5.74) is 5.44. The molecule has 0 aliphatic heterocycles. The number of aliphatic imine (C=N–C) groups is 1. The van der Waals surface area contributed by atoms with Crippen molar-refractivity contribution >= 4 is 52.1 Å². The van der Waals surface area contributed by atoms with E-state index in [0.717, 1.165) is 12.1 Å². The molecule has 1 aromatic heterocycles. The SMILES string of the molecule is NC(=Nc1cc(NC(=O)C=Cc2ccccc2Cl)cc(C(F)(F)F)c1)c1cccs1. The summed E-state index contributed by atoms with van der Waals surface area (Å²) in [6.45, 7) is 0. The quantitative estimate of drug-likeness (QED) is 0.280. The van der Waals surface area contributed by atoms with Crippen molar-refractivity contribution in [1.29, 1.82) is 0 Å². The fourth-order valence-electron chi connectivity index (χ4n) is 2.49. The van der Waals surface area contributed by atoms with Gasteiger partial charge in [0.1, 0.15) is 5.84 Å². The minimum atomic E-state index is -4.61. The number of carbonyl (C=O) groups excluding carboxylic acids is 1. The van der Waals surface area contributed by atoms with Crippen LogP contribution in [-0.4, -0.2) is 11.7 Å². The second-order valence-electron chi connectivity index (χ2n) is 6.08. The van der Waals surface area contributed by atoms with Crippen LogP contribution in [0.5, 0.6) is 0 Å². The van der Waals surface area contributed by atoms with Crippen molar-refractivity contribution in [3.8, 4) is 0 Å². The third-order valence-electron chi connectivity index (χ3n) is 3.86. The first-order chi connectivity index (χ1) is 14.2. The van der Waals surface area contributed by atoms with Crippen LogP contribution in [0.25, 0.3) is 6.08 Å².